The third-order valence-electron chi connectivity index (χ3n) is 3.43. The van der Waals surface area contributed by atoms with Gasteiger partial charge < -0.3 is 10.6 Å². The van der Waals surface area contributed by atoms with E-state index < -0.39 is 0 Å². The van der Waals surface area contributed by atoms with Gasteiger partial charge in [-0.25, -0.2) is 0 Å². The van der Waals surface area contributed by atoms with Gasteiger partial charge in [-0.1, -0.05) is 15.9 Å². The van der Waals surface area contributed by atoms with Crippen molar-refractivity contribution in [1.29, 1.82) is 0 Å². The van der Waals surface area contributed by atoms with Gasteiger partial charge in [-0.3, -0.25) is 9.69 Å². The monoisotopic (exact) mass is 311 g/mol. The van der Waals surface area contributed by atoms with Gasteiger partial charge in [0.05, 0.1) is 0 Å². The van der Waals surface area contributed by atoms with Crippen LogP contribution in [0.4, 0.5) is 5.69 Å². The Bertz CT molecular complexity index is 464. The average Bonchev–Trinajstić information content (AvgIpc) is 2.31. The van der Waals surface area contributed by atoms with E-state index in [0.29, 0.717) is 13.1 Å². The van der Waals surface area contributed by atoms with Crippen LogP contribution in [0.1, 0.15) is 5.56 Å². The first kappa shape index (κ1) is 13.5. The van der Waals surface area contributed by atoms with Crippen LogP contribution in [-0.4, -0.2) is 43.5 Å². The van der Waals surface area contributed by atoms with Crippen LogP contribution in [0.5, 0.6) is 0 Å². The van der Waals surface area contributed by atoms with Gasteiger partial charge in [-0.2, -0.15) is 0 Å². The first-order valence-electron chi connectivity index (χ1n) is 6.02. The summed E-state index contributed by atoms with van der Waals surface area (Å²) in [5.74, 6) is 0.0941. The van der Waals surface area contributed by atoms with E-state index >= 15 is 0 Å². The van der Waals surface area contributed by atoms with E-state index in [0.717, 1.165) is 22.3 Å². The van der Waals surface area contributed by atoms with Crippen molar-refractivity contribution in [2.24, 2.45) is 5.73 Å². The Kier molecular flexibility index (Phi) is 4.04. The molecule has 1 unspecified atom stereocenters. The standard InChI is InChI=1S/C13H18BrN3O/c1-9-7-10(14)3-4-11(9)17-6-5-16(2)12(8-15)13(17)18/h3-4,7,12H,5-6,8,15H2,1-2H3. The highest BCUT2D eigenvalue weighted by Crippen LogP contribution is 2.26. The third-order valence-corrected chi connectivity index (χ3v) is 3.93. The molecule has 0 saturated carbocycles. The molecule has 1 atom stereocenters. The molecule has 18 heavy (non-hydrogen) atoms. The second-order valence-corrected chi connectivity index (χ2v) is 5.57. The lowest BCUT2D eigenvalue weighted by molar-refractivity contribution is -0.124. The molecule has 1 saturated heterocycles. The fraction of sp³-hybridized carbons (Fsp3) is 0.462. The van der Waals surface area contributed by atoms with Crippen molar-refractivity contribution >= 4 is 27.5 Å². The van der Waals surface area contributed by atoms with Crippen LogP contribution in [0.15, 0.2) is 22.7 Å². The van der Waals surface area contributed by atoms with Gasteiger partial charge in [-0.15, -0.1) is 0 Å². The summed E-state index contributed by atoms with van der Waals surface area (Å²) in [4.78, 5) is 16.3. The molecule has 1 fully saturated rings. The lowest BCUT2D eigenvalue weighted by atomic mass is 10.1. The van der Waals surface area contributed by atoms with Crippen molar-refractivity contribution in [3.8, 4) is 0 Å². The number of nitrogens with two attached hydrogens (primary N) is 1. The van der Waals surface area contributed by atoms with Crippen LogP contribution in [0.3, 0.4) is 0 Å². The van der Waals surface area contributed by atoms with E-state index in [1.54, 1.807) is 0 Å². The fourth-order valence-electron chi connectivity index (χ4n) is 2.33. The van der Waals surface area contributed by atoms with E-state index in [1.807, 2.05) is 42.0 Å². The number of amides is 1. The van der Waals surface area contributed by atoms with Crippen LogP contribution in [0, 0.1) is 6.92 Å². The van der Waals surface area contributed by atoms with Gasteiger partial charge in [-0.05, 0) is 37.7 Å². The molecule has 5 heteroatoms. The van der Waals surface area contributed by atoms with Crippen LogP contribution < -0.4 is 10.6 Å². The van der Waals surface area contributed by atoms with Gasteiger partial charge in [0.25, 0.3) is 0 Å². The maximum atomic E-state index is 12.4. The zero-order valence-corrected chi connectivity index (χ0v) is 12.3. The Morgan fingerprint density at radius 1 is 1.44 bits per heavy atom. The van der Waals surface area contributed by atoms with Crippen LogP contribution in [0.2, 0.25) is 0 Å². The predicted octanol–water partition coefficient (Wildman–Crippen LogP) is 1.36. The van der Waals surface area contributed by atoms with Gasteiger partial charge in [0.2, 0.25) is 5.91 Å². The van der Waals surface area contributed by atoms with E-state index in [9.17, 15) is 4.79 Å². The van der Waals surface area contributed by atoms with Gasteiger partial charge in [0, 0.05) is 29.8 Å². The van der Waals surface area contributed by atoms with E-state index in [1.165, 1.54) is 0 Å². The van der Waals surface area contributed by atoms with E-state index in [4.69, 9.17) is 5.73 Å². The number of piperazine rings is 1. The van der Waals surface area contributed by atoms with Crippen molar-refractivity contribution in [2.45, 2.75) is 13.0 Å². The van der Waals surface area contributed by atoms with E-state index in [-0.39, 0.29) is 11.9 Å². The maximum Gasteiger partial charge on any atom is 0.245 e. The molecule has 1 aliphatic heterocycles. The Labute approximate surface area is 116 Å². The highest BCUT2D eigenvalue weighted by Gasteiger charge is 2.32. The lowest BCUT2D eigenvalue weighted by Crippen LogP contribution is -2.58. The summed E-state index contributed by atoms with van der Waals surface area (Å²) < 4.78 is 1.03. The minimum atomic E-state index is -0.207. The molecule has 0 spiro atoms. The maximum absolute atomic E-state index is 12.4. The number of aryl methyl sites for hydroxylation is 1. The summed E-state index contributed by atoms with van der Waals surface area (Å²) >= 11 is 3.44. The summed E-state index contributed by atoms with van der Waals surface area (Å²) in [5, 5.41) is 0. The number of hydrogen-bond acceptors (Lipinski definition) is 3. The Hall–Kier alpha value is -0.910. The number of halogens is 1. The normalized spacial score (nSPS) is 21.4. The minimum Gasteiger partial charge on any atom is -0.328 e. The molecule has 0 aliphatic carbocycles. The van der Waals surface area contributed by atoms with Crippen LogP contribution >= 0.6 is 15.9 Å². The Morgan fingerprint density at radius 3 is 2.78 bits per heavy atom. The lowest BCUT2D eigenvalue weighted by Gasteiger charge is -2.38. The smallest absolute Gasteiger partial charge is 0.245 e. The number of benzene rings is 1. The molecular weight excluding hydrogens is 294 g/mol. The molecule has 0 aromatic heterocycles. The van der Waals surface area contributed by atoms with Crippen molar-refractivity contribution in [2.75, 3.05) is 31.6 Å². The van der Waals surface area contributed by atoms with Crippen molar-refractivity contribution < 1.29 is 4.79 Å². The third kappa shape index (κ3) is 2.43. The number of carbonyl (C=O) groups is 1. The molecular formula is C13H18BrN3O. The second kappa shape index (κ2) is 5.38. The number of hydrogen-bond donors (Lipinski definition) is 1. The SMILES string of the molecule is Cc1cc(Br)ccc1N1CCN(C)C(CN)C1=O. The average molecular weight is 312 g/mol. The molecule has 1 heterocycles. The zero-order chi connectivity index (χ0) is 13.3. The second-order valence-electron chi connectivity index (χ2n) is 4.65. The summed E-state index contributed by atoms with van der Waals surface area (Å²) in [6.45, 7) is 3.95. The number of nitrogens with zero attached hydrogens (tertiary/aromatic N) is 2. The largest absolute Gasteiger partial charge is 0.328 e. The Morgan fingerprint density at radius 2 is 2.17 bits per heavy atom. The molecule has 2 N–H and O–H groups in total. The van der Waals surface area contributed by atoms with Crippen molar-refractivity contribution in [3.63, 3.8) is 0 Å². The summed E-state index contributed by atoms with van der Waals surface area (Å²) in [7, 11) is 1.95. The predicted molar refractivity (Wildman–Crippen MR) is 76.7 cm³/mol. The molecule has 4 nitrogen and oxygen atoms in total. The molecule has 1 aromatic rings. The number of rotatable bonds is 2. The topological polar surface area (TPSA) is 49.6 Å². The number of carbonyl (C=O) groups excluding carboxylic acids is 1. The van der Waals surface area contributed by atoms with Crippen LogP contribution in [-0.2, 0) is 4.79 Å². The quantitative estimate of drug-likeness (QED) is 0.897. The number of likely N-dealkylation sites (N-methyl/N-ethyl adjacent to an activating group) is 1. The van der Waals surface area contributed by atoms with Crippen molar-refractivity contribution in [1.82, 2.24) is 4.90 Å². The molecule has 1 aliphatic rings. The molecule has 98 valence electrons. The first-order chi connectivity index (χ1) is 8.54. The van der Waals surface area contributed by atoms with Gasteiger partial charge >= 0.3 is 0 Å². The molecule has 2 rings (SSSR count). The molecule has 0 bridgehead atoms. The summed E-state index contributed by atoms with van der Waals surface area (Å²) in [6, 6.07) is 5.77. The molecule has 0 radical (unpaired) electrons. The first-order valence-corrected chi connectivity index (χ1v) is 6.81. The molecule has 1 aromatic carbocycles. The van der Waals surface area contributed by atoms with Crippen molar-refractivity contribution in [3.05, 3.63) is 28.2 Å². The minimum absolute atomic E-state index is 0.0941. The highest BCUT2D eigenvalue weighted by atomic mass is 79.9. The fourth-order valence-corrected chi connectivity index (χ4v) is 2.81. The molecule has 1 amide bonds. The Balaban J connectivity index is 2.30. The van der Waals surface area contributed by atoms with Gasteiger partial charge in [0.15, 0.2) is 0 Å². The summed E-state index contributed by atoms with van der Waals surface area (Å²) in [5.41, 5.74) is 7.77. The summed E-state index contributed by atoms with van der Waals surface area (Å²) in [6.07, 6.45) is 0. The zero-order valence-electron chi connectivity index (χ0n) is 10.7. The number of anilines is 1. The van der Waals surface area contributed by atoms with Crippen LogP contribution in [0.25, 0.3) is 0 Å². The van der Waals surface area contributed by atoms with E-state index in [2.05, 4.69) is 15.9 Å². The van der Waals surface area contributed by atoms with Gasteiger partial charge in [0.1, 0.15) is 6.04 Å². The highest BCUT2D eigenvalue weighted by molar-refractivity contribution is 9.10.